The van der Waals surface area contributed by atoms with Crippen molar-refractivity contribution >= 4 is 15.9 Å². The molecule has 100 valence electrons. The van der Waals surface area contributed by atoms with Crippen LogP contribution in [-0.2, 0) is 6.42 Å². The molecule has 0 radical (unpaired) electrons. The lowest BCUT2D eigenvalue weighted by Crippen LogP contribution is -2.24. The van der Waals surface area contributed by atoms with Crippen LogP contribution in [0.25, 0.3) is 0 Å². The minimum absolute atomic E-state index is 0.256. The molecule has 1 aliphatic rings. The lowest BCUT2D eigenvalue weighted by atomic mass is 10.0. The molecule has 1 unspecified atom stereocenters. The summed E-state index contributed by atoms with van der Waals surface area (Å²) in [6.07, 6.45) is 2.89. The van der Waals surface area contributed by atoms with Crippen LogP contribution in [0.1, 0.15) is 18.4 Å². The Kier molecular flexibility index (Phi) is 4.45. The number of halogens is 2. The van der Waals surface area contributed by atoms with Gasteiger partial charge in [0.1, 0.15) is 5.82 Å². The van der Waals surface area contributed by atoms with Crippen LogP contribution in [0.2, 0.25) is 0 Å². The fraction of sp³-hybridized carbons (Fsp3) is 0.538. The maximum atomic E-state index is 14.1. The van der Waals surface area contributed by atoms with E-state index in [0.29, 0.717) is 34.0 Å². The third kappa shape index (κ3) is 2.62. The van der Waals surface area contributed by atoms with Crippen molar-refractivity contribution in [3.63, 3.8) is 0 Å². The normalized spacial score (nSPS) is 19.0. The summed E-state index contributed by atoms with van der Waals surface area (Å²) in [5.74, 6) is 0.699. The van der Waals surface area contributed by atoms with Gasteiger partial charge in [0, 0.05) is 17.7 Å². The van der Waals surface area contributed by atoms with Crippen molar-refractivity contribution in [2.24, 2.45) is 0 Å². The Morgan fingerprint density at radius 3 is 2.78 bits per heavy atom. The summed E-state index contributed by atoms with van der Waals surface area (Å²) < 4.78 is 25.1. The molecule has 0 spiro atoms. The Hall–Kier alpha value is -0.810. The number of rotatable bonds is 4. The molecule has 1 saturated heterocycles. The summed E-state index contributed by atoms with van der Waals surface area (Å²) in [5.41, 5.74) is 0.645. The third-order valence-corrected chi connectivity index (χ3v) is 4.11. The zero-order chi connectivity index (χ0) is 13.1. The van der Waals surface area contributed by atoms with Gasteiger partial charge >= 0.3 is 0 Å². The molecule has 1 aromatic rings. The van der Waals surface area contributed by atoms with Crippen LogP contribution in [0.5, 0.6) is 11.5 Å². The third-order valence-electron chi connectivity index (χ3n) is 3.27. The maximum Gasteiger partial charge on any atom is 0.175 e. The van der Waals surface area contributed by atoms with Crippen molar-refractivity contribution in [1.82, 2.24) is 5.32 Å². The van der Waals surface area contributed by atoms with Crippen LogP contribution in [0, 0.1) is 5.82 Å². The number of hydrogen-bond donors (Lipinski definition) is 1. The monoisotopic (exact) mass is 317 g/mol. The van der Waals surface area contributed by atoms with Gasteiger partial charge in [0.05, 0.1) is 18.7 Å². The summed E-state index contributed by atoms with van der Waals surface area (Å²) in [4.78, 5) is 0. The predicted octanol–water partition coefficient (Wildman–Crippen LogP) is 2.90. The van der Waals surface area contributed by atoms with E-state index in [2.05, 4.69) is 21.2 Å². The molecule has 0 amide bonds. The summed E-state index contributed by atoms with van der Waals surface area (Å²) in [6.45, 7) is 1.01. The van der Waals surface area contributed by atoms with Crippen LogP contribution in [0.4, 0.5) is 4.39 Å². The standard InChI is InChI=1S/C13H17BrFNO2/c1-17-11-7-10(15)9(12(14)13(11)18-2)6-8-4-3-5-16-8/h7-8,16H,3-6H2,1-2H3. The van der Waals surface area contributed by atoms with Crippen molar-refractivity contribution in [3.05, 3.63) is 21.9 Å². The molecule has 1 heterocycles. The quantitative estimate of drug-likeness (QED) is 0.926. The molecule has 0 saturated carbocycles. The summed E-state index contributed by atoms with van der Waals surface area (Å²) in [5, 5.41) is 3.37. The Balaban J connectivity index is 2.33. The SMILES string of the molecule is COc1cc(F)c(CC2CCCN2)c(Br)c1OC. The van der Waals surface area contributed by atoms with Gasteiger partial charge in [-0.2, -0.15) is 0 Å². The lowest BCUT2D eigenvalue weighted by molar-refractivity contribution is 0.349. The molecule has 0 bridgehead atoms. The Labute approximate surface area is 115 Å². The molecule has 5 heteroatoms. The number of benzene rings is 1. The molecular weight excluding hydrogens is 301 g/mol. The highest BCUT2D eigenvalue weighted by molar-refractivity contribution is 9.10. The Morgan fingerprint density at radius 2 is 2.22 bits per heavy atom. The second-order valence-corrected chi connectivity index (χ2v) is 5.18. The van der Waals surface area contributed by atoms with Gasteiger partial charge in [0.25, 0.3) is 0 Å². The summed E-state index contributed by atoms with van der Waals surface area (Å²) in [7, 11) is 3.06. The number of hydrogen-bond acceptors (Lipinski definition) is 3. The van der Waals surface area contributed by atoms with E-state index < -0.39 is 0 Å². The van der Waals surface area contributed by atoms with Crippen molar-refractivity contribution in [2.75, 3.05) is 20.8 Å². The van der Waals surface area contributed by atoms with E-state index in [1.807, 2.05) is 0 Å². The van der Waals surface area contributed by atoms with Crippen molar-refractivity contribution in [2.45, 2.75) is 25.3 Å². The van der Waals surface area contributed by atoms with Crippen LogP contribution < -0.4 is 14.8 Å². The lowest BCUT2D eigenvalue weighted by Gasteiger charge is -2.16. The fourth-order valence-corrected chi connectivity index (χ4v) is 3.03. The molecule has 3 nitrogen and oxygen atoms in total. The van der Waals surface area contributed by atoms with E-state index in [9.17, 15) is 4.39 Å². The molecule has 1 atom stereocenters. The number of nitrogens with one attached hydrogen (secondary N) is 1. The fourth-order valence-electron chi connectivity index (χ4n) is 2.32. The van der Waals surface area contributed by atoms with E-state index in [4.69, 9.17) is 9.47 Å². The molecule has 1 fully saturated rings. The van der Waals surface area contributed by atoms with E-state index in [-0.39, 0.29) is 5.82 Å². The van der Waals surface area contributed by atoms with E-state index in [0.717, 1.165) is 19.4 Å². The second kappa shape index (κ2) is 5.89. The number of ether oxygens (including phenoxy) is 2. The summed E-state index contributed by atoms with van der Waals surface area (Å²) >= 11 is 3.42. The first-order valence-electron chi connectivity index (χ1n) is 5.99. The minimum Gasteiger partial charge on any atom is -0.493 e. The highest BCUT2D eigenvalue weighted by Gasteiger charge is 2.22. The van der Waals surface area contributed by atoms with E-state index in [1.165, 1.54) is 13.2 Å². The smallest absolute Gasteiger partial charge is 0.175 e. The first kappa shape index (κ1) is 13.6. The molecule has 2 rings (SSSR count). The van der Waals surface area contributed by atoms with Gasteiger partial charge in [-0.05, 0) is 41.7 Å². The van der Waals surface area contributed by atoms with Gasteiger partial charge in [-0.15, -0.1) is 0 Å². The van der Waals surface area contributed by atoms with E-state index in [1.54, 1.807) is 7.11 Å². The minimum atomic E-state index is -0.256. The van der Waals surface area contributed by atoms with Gasteiger partial charge in [0.15, 0.2) is 11.5 Å². The second-order valence-electron chi connectivity index (χ2n) is 4.38. The topological polar surface area (TPSA) is 30.5 Å². The van der Waals surface area contributed by atoms with Crippen molar-refractivity contribution in [3.8, 4) is 11.5 Å². The van der Waals surface area contributed by atoms with Gasteiger partial charge in [-0.25, -0.2) is 4.39 Å². The maximum absolute atomic E-state index is 14.1. The zero-order valence-corrected chi connectivity index (χ0v) is 12.1. The molecule has 18 heavy (non-hydrogen) atoms. The van der Waals surface area contributed by atoms with Crippen LogP contribution in [0.15, 0.2) is 10.5 Å². The van der Waals surface area contributed by atoms with Crippen molar-refractivity contribution in [1.29, 1.82) is 0 Å². The Bertz CT molecular complexity index is 433. The zero-order valence-electron chi connectivity index (χ0n) is 10.6. The van der Waals surface area contributed by atoms with Crippen molar-refractivity contribution < 1.29 is 13.9 Å². The average molecular weight is 318 g/mol. The highest BCUT2D eigenvalue weighted by atomic mass is 79.9. The van der Waals surface area contributed by atoms with Crippen LogP contribution >= 0.6 is 15.9 Å². The van der Waals surface area contributed by atoms with E-state index >= 15 is 0 Å². The first-order chi connectivity index (χ1) is 8.67. The molecule has 1 aliphatic heterocycles. The van der Waals surface area contributed by atoms with Gasteiger partial charge < -0.3 is 14.8 Å². The predicted molar refractivity (Wildman–Crippen MR) is 71.9 cm³/mol. The highest BCUT2D eigenvalue weighted by Crippen LogP contribution is 2.40. The van der Waals surface area contributed by atoms with Crippen LogP contribution in [0.3, 0.4) is 0 Å². The molecule has 1 N–H and O–H groups in total. The molecule has 0 aliphatic carbocycles. The van der Waals surface area contributed by atoms with Crippen LogP contribution in [-0.4, -0.2) is 26.8 Å². The largest absolute Gasteiger partial charge is 0.493 e. The average Bonchev–Trinajstić information content (AvgIpc) is 2.86. The Morgan fingerprint density at radius 1 is 1.44 bits per heavy atom. The van der Waals surface area contributed by atoms with Gasteiger partial charge in [0.2, 0.25) is 0 Å². The van der Waals surface area contributed by atoms with Gasteiger partial charge in [-0.3, -0.25) is 0 Å². The molecular formula is C13H17BrFNO2. The first-order valence-corrected chi connectivity index (χ1v) is 6.79. The molecule has 0 aromatic heterocycles. The van der Waals surface area contributed by atoms with Gasteiger partial charge in [-0.1, -0.05) is 0 Å². The summed E-state index contributed by atoms with van der Waals surface area (Å²) in [6, 6.07) is 1.72. The molecule has 1 aromatic carbocycles. The number of methoxy groups -OCH3 is 2.